The van der Waals surface area contributed by atoms with Gasteiger partial charge in [0.1, 0.15) is 30.4 Å². The number of benzene rings is 1. The molecule has 3 heterocycles. The van der Waals surface area contributed by atoms with Crippen LogP contribution in [0.3, 0.4) is 0 Å². The number of likely N-dealkylation sites (N-methyl/N-ethyl adjacent to an activating group) is 1. The Morgan fingerprint density at radius 1 is 1.23 bits per heavy atom. The lowest BCUT2D eigenvalue weighted by Gasteiger charge is -2.34. The van der Waals surface area contributed by atoms with E-state index in [4.69, 9.17) is 42.4 Å². The van der Waals surface area contributed by atoms with Crippen molar-refractivity contribution >= 4 is 23.2 Å². The van der Waals surface area contributed by atoms with Gasteiger partial charge >= 0.3 is 0 Å². The van der Waals surface area contributed by atoms with Crippen molar-refractivity contribution in [2.45, 2.75) is 57.8 Å². The van der Waals surface area contributed by atoms with Gasteiger partial charge in [0.2, 0.25) is 0 Å². The highest BCUT2D eigenvalue weighted by atomic mass is 35.5. The fraction of sp³-hybridized carbons (Fsp3) is 0.536. The minimum absolute atomic E-state index is 0.108. The third-order valence-electron chi connectivity index (χ3n) is 7.48. The Balaban J connectivity index is 1.50. The predicted molar refractivity (Wildman–Crippen MR) is 149 cm³/mol. The van der Waals surface area contributed by atoms with Crippen LogP contribution in [0.2, 0.25) is 10.0 Å². The van der Waals surface area contributed by atoms with Crippen molar-refractivity contribution in [3.05, 3.63) is 45.4 Å². The standard InChI is InChI=1S/C28H34Cl2FN5O3/c1-15-25(16(2)39-35-15)27-26(30)24(10-17-8-9-36(13-23(17)31)18-4-5-18)33-28(34-27)21-11-20(6-7-22(21)29)38-14-19(37)12-32-3/h6-7,11,17-19,23,32,37H,4-5,8-10,12-14H2,1-3H3/t17-,19+,23-/m0/s1. The van der Waals surface area contributed by atoms with Crippen molar-refractivity contribution in [3.8, 4) is 28.4 Å². The van der Waals surface area contributed by atoms with Gasteiger partial charge in [0.25, 0.3) is 0 Å². The van der Waals surface area contributed by atoms with E-state index < -0.39 is 12.3 Å². The third-order valence-corrected chi connectivity index (χ3v) is 8.20. The number of hydrogen-bond acceptors (Lipinski definition) is 8. The molecule has 1 aliphatic heterocycles. The first-order valence-corrected chi connectivity index (χ1v) is 14.1. The molecular formula is C28H34Cl2FN5O3. The highest BCUT2D eigenvalue weighted by molar-refractivity contribution is 6.34. The van der Waals surface area contributed by atoms with Crippen molar-refractivity contribution in [1.29, 1.82) is 0 Å². The number of aromatic nitrogens is 3. The first kappa shape index (κ1) is 28.2. The topological polar surface area (TPSA) is 96.5 Å². The smallest absolute Gasteiger partial charge is 0.161 e. The maximum absolute atomic E-state index is 15.3. The van der Waals surface area contributed by atoms with Gasteiger partial charge in [0.05, 0.1) is 32.7 Å². The lowest BCUT2D eigenvalue weighted by Crippen LogP contribution is -2.43. The van der Waals surface area contributed by atoms with E-state index in [0.717, 1.165) is 25.8 Å². The fourth-order valence-corrected chi connectivity index (χ4v) is 5.67. The van der Waals surface area contributed by atoms with Crippen molar-refractivity contribution in [2.24, 2.45) is 5.92 Å². The van der Waals surface area contributed by atoms with Crippen molar-refractivity contribution in [3.63, 3.8) is 0 Å². The molecule has 8 nitrogen and oxygen atoms in total. The maximum atomic E-state index is 15.3. The lowest BCUT2D eigenvalue weighted by atomic mass is 9.89. The van der Waals surface area contributed by atoms with E-state index in [0.29, 0.717) is 81.1 Å². The van der Waals surface area contributed by atoms with Gasteiger partial charge < -0.3 is 19.7 Å². The number of aryl methyl sites for hydroxylation is 2. The third kappa shape index (κ3) is 6.38. The second-order valence-corrected chi connectivity index (χ2v) is 11.3. The second-order valence-electron chi connectivity index (χ2n) is 10.5. The number of aliphatic hydroxyl groups excluding tert-OH is 1. The molecule has 3 aromatic rings. The molecule has 1 aliphatic carbocycles. The average Bonchev–Trinajstić information content (AvgIpc) is 3.71. The zero-order valence-corrected chi connectivity index (χ0v) is 23.9. The zero-order valence-electron chi connectivity index (χ0n) is 22.4. The van der Waals surface area contributed by atoms with Crippen LogP contribution in [0.1, 0.15) is 36.4 Å². The molecule has 2 aromatic heterocycles. The molecule has 5 rings (SSSR count). The summed E-state index contributed by atoms with van der Waals surface area (Å²) in [5.41, 5.74) is 2.92. The Hall–Kier alpha value is -2.30. The molecule has 0 spiro atoms. The number of halogens is 3. The molecule has 2 aliphatic rings. The molecular weight excluding hydrogens is 544 g/mol. The SMILES string of the molecule is CNC[C@@H](O)COc1ccc(Cl)c(-c2nc(C[C@@H]3CCN(C4CC4)C[C@@H]3F)c(Cl)c(-c3c(C)noc3C)n2)c1. The van der Waals surface area contributed by atoms with Crippen LogP contribution < -0.4 is 10.1 Å². The summed E-state index contributed by atoms with van der Waals surface area (Å²) in [4.78, 5) is 11.9. The van der Waals surface area contributed by atoms with Crippen molar-refractivity contribution < 1.29 is 18.8 Å². The summed E-state index contributed by atoms with van der Waals surface area (Å²) >= 11 is 13.5. The zero-order chi connectivity index (χ0) is 27.7. The summed E-state index contributed by atoms with van der Waals surface area (Å²) in [5.74, 6) is 1.24. The van der Waals surface area contributed by atoms with Gasteiger partial charge in [-0.25, -0.2) is 14.4 Å². The van der Waals surface area contributed by atoms with E-state index in [1.54, 1.807) is 32.2 Å². The van der Waals surface area contributed by atoms with Gasteiger partial charge in [-0.1, -0.05) is 28.4 Å². The minimum atomic E-state index is -0.958. The summed E-state index contributed by atoms with van der Waals surface area (Å²) in [6.45, 7) is 5.47. The maximum Gasteiger partial charge on any atom is 0.161 e. The van der Waals surface area contributed by atoms with E-state index in [9.17, 15) is 5.11 Å². The van der Waals surface area contributed by atoms with Crippen LogP contribution in [0.4, 0.5) is 4.39 Å². The van der Waals surface area contributed by atoms with Crippen molar-refractivity contribution in [1.82, 2.24) is 25.3 Å². The first-order chi connectivity index (χ1) is 18.7. The second kappa shape index (κ2) is 12.1. The molecule has 0 bridgehead atoms. The Labute approximate surface area is 237 Å². The highest BCUT2D eigenvalue weighted by Gasteiger charge is 2.37. The van der Waals surface area contributed by atoms with E-state index in [1.807, 2.05) is 6.92 Å². The minimum Gasteiger partial charge on any atom is -0.491 e. The van der Waals surface area contributed by atoms with Gasteiger partial charge in [-0.2, -0.15) is 0 Å². The molecule has 39 heavy (non-hydrogen) atoms. The van der Waals surface area contributed by atoms with E-state index >= 15 is 4.39 Å². The Bertz CT molecular complexity index is 1300. The van der Waals surface area contributed by atoms with Gasteiger partial charge in [-0.15, -0.1) is 0 Å². The molecule has 210 valence electrons. The van der Waals surface area contributed by atoms with E-state index in [2.05, 4.69) is 15.4 Å². The van der Waals surface area contributed by atoms with Crippen LogP contribution in [0.25, 0.3) is 22.6 Å². The number of nitrogens with zero attached hydrogens (tertiary/aromatic N) is 4. The van der Waals surface area contributed by atoms with Gasteiger partial charge in [0.15, 0.2) is 5.82 Å². The predicted octanol–water partition coefficient (Wildman–Crippen LogP) is 5.05. The van der Waals surface area contributed by atoms with Crippen LogP contribution >= 0.6 is 23.2 Å². The van der Waals surface area contributed by atoms with Gasteiger partial charge in [0, 0.05) is 24.7 Å². The molecule has 2 N–H and O–H groups in total. The number of rotatable bonds is 10. The Kier molecular flexibility index (Phi) is 8.73. The van der Waals surface area contributed by atoms with Gasteiger partial charge in [-0.05, 0) is 77.2 Å². The lowest BCUT2D eigenvalue weighted by molar-refractivity contribution is 0.0793. The number of nitrogens with one attached hydrogen (secondary N) is 1. The highest BCUT2D eigenvalue weighted by Crippen LogP contribution is 2.39. The molecule has 0 amide bonds. The van der Waals surface area contributed by atoms with Crippen LogP contribution in [-0.4, -0.2) is 76.7 Å². The van der Waals surface area contributed by atoms with Crippen LogP contribution in [0.15, 0.2) is 22.7 Å². The molecule has 3 atom stereocenters. The molecule has 0 unspecified atom stereocenters. The number of ether oxygens (including phenoxy) is 1. The number of hydrogen-bond donors (Lipinski definition) is 2. The fourth-order valence-electron chi connectivity index (χ4n) is 5.21. The number of likely N-dealkylation sites (tertiary alicyclic amines) is 1. The van der Waals surface area contributed by atoms with Crippen molar-refractivity contribution in [2.75, 3.05) is 33.3 Å². The van der Waals surface area contributed by atoms with Crippen LogP contribution in [0.5, 0.6) is 5.75 Å². The summed E-state index contributed by atoms with van der Waals surface area (Å²) < 4.78 is 26.5. The number of alkyl halides is 1. The van der Waals surface area contributed by atoms with Crippen LogP contribution in [0, 0.1) is 19.8 Å². The summed E-state index contributed by atoms with van der Waals surface area (Å²) in [6, 6.07) is 5.71. The average molecular weight is 579 g/mol. The number of aliphatic hydroxyl groups is 1. The summed E-state index contributed by atoms with van der Waals surface area (Å²) in [7, 11) is 1.76. The monoisotopic (exact) mass is 577 g/mol. The molecule has 2 fully saturated rings. The Morgan fingerprint density at radius 2 is 2.03 bits per heavy atom. The normalized spacial score (nSPS) is 20.8. The molecule has 11 heteroatoms. The largest absolute Gasteiger partial charge is 0.491 e. The van der Waals surface area contributed by atoms with E-state index in [-0.39, 0.29) is 12.5 Å². The molecule has 1 aromatic carbocycles. The molecule has 1 saturated carbocycles. The molecule has 1 saturated heterocycles. The number of piperidine rings is 1. The molecule has 0 radical (unpaired) electrons. The first-order valence-electron chi connectivity index (χ1n) is 13.4. The Morgan fingerprint density at radius 3 is 2.69 bits per heavy atom. The van der Waals surface area contributed by atoms with Gasteiger partial charge in [-0.3, -0.25) is 4.90 Å². The van der Waals surface area contributed by atoms with E-state index in [1.165, 1.54) is 0 Å². The summed E-state index contributed by atoms with van der Waals surface area (Å²) in [5, 5.41) is 17.8. The van der Waals surface area contributed by atoms with Crippen LogP contribution in [-0.2, 0) is 6.42 Å². The summed E-state index contributed by atoms with van der Waals surface area (Å²) in [6.07, 6.45) is 1.83. The quantitative estimate of drug-likeness (QED) is 0.345.